The van der Waals surface area contributed by atoms with Crippen LogP contribution in [0, 0.1) is 0 Å². The molecule has 2 nitrogen and oxygen atoms in total. The van der Waals surface area contributed by atoms with E-state index in [0.717, 1.165) is 11.5 Å². The predicted octanol–water partition coefficient (Wildman–Crippen LogP) is 5.12. The normalized spacial score (nSPS) is 12.3. The van der Waals surface area contributed by atoms with Crippen molar-refractivity contribution >= 4 is 32.7 Å². The van der Waals surface area contributed by atoms with Crippen molar-refractivity contribution in [1.82, 2.24) is 0 Å². The van der Waals surface area contributed by atoms with Crippen molar-refractivity contribution < 1.29 is 17.6 Å². The van der Waals surface area contributed by atoms with Crippen molar-refractivity contribution in [2.24, 2.45) is 0 Å². The molecule has 0 atom stereocenters. The minimum atomic E-state index is -4.62. The first-order chi connectivity index (χ1) is 11.0. The Morgan fingerprint density at radius 1 is 0.783 bits per heavy atom. The lowest BCUT2D eigenvalue weighted by Crippen LogP contribution is -2.12. The monoisotopic (exact) mass is 314 g/mol. The Morgan fingerprint density at radius 3 is 2.30 bits per heavy atom. The second-order valence-corrected chi connectivity index (χ2v) is 5.27. The standard InChI is InChI=1S/C18H9F3O2/c19-18(20,21)12-6-3-7-13-16(12)17(22)15-11-5-2-1-4-10(11)8-9-14(15)23-13/h1-9H. The van der Waals surface area contributed by atoms with Gasteiger partial charge in [-0.15, -0.1) is 0 Å². The van der Waals surface area contributed by atoms with E-state index in [2.05, 4.69) is 0 Å². The van der Waals surface area contributed by atoms with E-state index < -0.39 is 22.6 Å². The third kappa shape index (κ3) is 2.00. The molecule has 0 N–H and O–H groups in total. The number of benzene rings is 3. The first-order valence-electron chi connectivity index (χ1n) is 6.91. The number of halogens is 3. The molecule has 23 heavy (non-hydrogen) atoms. The van der Waals surface area contributed by atoms with Crippen LogP contribution in [0.1, 0.15) is 5.56 Å². The summed E-state index contributed by atoms with van der Waals surface area (Å²) in [5, 5.41) is 1.10. The average molecular weight is 314 g/mol. The Morgan fingerprint density at radius 2 is 1.52 bits per heavy atom. The summed E-state index contributed by atoms with van der Waals surface area (Å²) in [6.07, 6.45) is -4.62. The fourth-order valence-corrected chi connectivity index (χ4v) is 2.90. The molecule has 0 saturated carbocycles. The van der Waals surface area contributed by atoms with Crippen molar-refractivity contribution in [2.45, 2.75) is 6.18 Å². The first kappa shape index (κ1) is 13.8. The zero-order chi connectivity index (χ0) is 16.2. The van der Waals surface area contributed by atoms with Gasteiger partial charge < -0.3 is 4.42 Å². The fourth-order valence-electron chi connectivity index (χ4n) is 2.90. The summed E-state index contributed by atoms with van der Waals surface area (Å²) in [5.74, 6) is 0. The van der Waals surface area contributed by atoms with Gasteiger partial charge in [0.1, 0.15) is 11.2 Å². The topological polar surface area (TPSA) is 30.2 Å². The molecule has 3 aromatic carbocycles. The maximum Gasteiger partial charge on any atom is 0.417 e. The van der Waals surface area contributed by atoms with Crippen LogP contribution in [0.25, 0.3) is 32.7 Å². The molecule has 0 spiro atoms. The van der Waals surface area contributed by atoms with Gasteiger partial charge in [0, 0.05) is 0 Å². The van der Waals surface area contributed by atoms with Gasteiger partial charge in [0.2, 0.25) is 5.43 Å². The van der Waals surface area contributed by atoms with E-state index in [0.29, 0.717) is 5.39 Å². The molecule has 0 fully saturated rings. The van der Waals surface area contributed by atoms with Crippen LogP contribution in [0.3, 0.4) is 0 Å². The van der Waals surface area contributed by atoms with Gasteiger partial charge in [0.15, 0.2) is 0 Å². The Labute approximate surface area is 127 Å². The van der Waals surface area contributed by atoms with Crippen molar-refractivity contribution in [3.8, 4) is 0 Å². The molecule has 0 saturated heterocycles. The van der Waals surface area contributed by atoms with Gasteiger partial charge in [0.25, 0.3) is 0 Å². The first-order valence-corrected chi connectivity index (χ1v) is 6.91. The summed E-state index contributed by atoms with van der Waals surface area (Å²) in [4.78, 5) is 12.8. The molecule has 0 radical (unpaired) electrons. The van der Waals surface area contributed by atoms with Gasteiger partial charge in [-0.1, -0.05) is 36.4 Å². The van der Waals surface area contributed by atoms with Gasteiger partial charge in [0.05, 0.1) is 16.3 Å². The molecule has 0 amide bonds. The van der Waals surface area contributed by atoms with Crippen molar-refractivity contribution in [3.63, 3.8) is 0 Å². The second-order valence-electron chi connectivity index (χ2n) is 5.27. The summed E-state index contributed by atoms with van der Waals surface area (Å²) >= 11 is 0. The highest BCUT2D eigenvalue weighted by atomic mass is 19.4. The molecule has 5 heteroatoms. The number of alkyl halides is 3. The SMILES string of the molecule is O=c1c2c(C(F)(F)F)cccc2oc2ccc3ccccc3c12. The van der Waals surface area contributed by atoms with Crippen molar-refractivity contribution in [2.75, 3.05) is 0 Å². The largest absolute Gasteiger partial charge is 0.456 e. The Hall–Kier alpha value is -2.82. The quantitative estimate of drug-likeness (QED) is 0.333. The highest BCUT2D eigenvalue weighted by Gasteiger charge is 2.34. The predicted molar refractivity (Wildman–Crippen MR) is 82.5 cm³/mol. The molecule has 4 aromatic rings. The number of hydrogen-bond acceptors (Lipinski definition) is 2. The van der Waals surface area contributed by atoms with Crippen molar-refractivity contribution in [3.05, 3.63) is 70.4 Å². The van der Waals surface area contributed by atoms with E-state index in [1.54, 1.807) is 36.4 Å². The molecular weight excluding hydrogens is 305 g/mol. The van der Waals surface area contributed by atoms with E-state index in [-0.39, 0.29) is 16.6 Å². The van der Waals surface area contributed by atoms with Gasteiger partial charge in [-0.3, -0.25) is 4.79 Å². The van der Waals surface area contributed by atoms with Crippen LogP contribution in [0.15, 0.2) is 63.8 Å². The molecule has 4 rings (SSSR count). The van der Waals surface area contributed by atoms with Crippen LogP contribution in [-0.2, 0) is 6.18 Å². The number of fused-ring (bicyclic) bond motifs is 4. The summed E-state index contributed by atoms with van der Waals surface area (Å²) in [6, 6.07) is 13.9. The molecule has 114 valence electrons. The second kappa shape index (κ2) is 4.59. The smallest absolute Gasteiger partial charge is 0.417 e. The fraction of sp³-hybridized carbons (Fsp3) is 0.0556. The van der Waals surface area contributed by atoms with E-state index >= 15 is 0 Å². The number of hydrogen-bond donors (Lipinski definition) is 0. The Balaban J connectivity index is 2.30. The Bertz CT molecular complexity index is 1120. The van der Waals surface area contributed by atoms with Crippen LogP contribution in [0.5, 0.6) is 0 Å². The lowest BCUT2D eigenvalue weighted by Gasteiger charge is -2.10. The molecule has 0 unspecified atom stereocenters. The summed E-state index contributed by atoms with van der Waals surface area (Å²) in [7, 11) is 0. The van der Waals surface area contributed by atoms with E-state index in [9.17, 15) is 18.0 Å². The maximum absolute atomic E-state index is 13.2. The molecule has 0 aliphatic rings. The van der Waals surface area contributed by atoms with Crippen LogP contribution < -0.4 is 5.43 Å². The highest BCUT2D eigenvalue weighted by Crippen LogP contribution is 2.35. The van der Waals surface area contributed by atoms with Crippen LogP contribution in [-0.4, -0.2) is 0 Å². The number of rotatable bonds is 0. The summed E-state index contributed by atoms with van der Waals surface area (Å²) in [6.45, 7) is 0. The average Bonchev–Trinajstić information content (AvgIpc) is 2.53. The van der Waals surface area contributed by atoms with Crippen LogP contribution in [0.2, 0.25) is 0 Å². The highest BCUT2D eigenvalue weighted by molar-refractivity contribution is 6.08. The lowest BCUT2D eigenvalue weighted by molar-refractivity contribution is -0.136. The van der Waals surface area contributed by atoms with Gasteiger partial charge in [-0.2, -0.15) is 13.2 Å². The third-order valence-corrected chi connectivity index (χ3v) is 3.90. The zero-order valence-corrected chi connectivity index (χ0v) is 11.6. The Kier molecular flexibility index (Phi) is 2.75. The van der Waals surface area contributed by atoms with E-state index in [4.69, 9.17) is 4.42 Å². The van der Waals surface area contributed by atoms with Gasteiger partial charge in [-0.25, -0.2) is 0 Å². The summed E-state index contributed by atoms with van der Waals surface area (Å²) in [5.41, 5.74) is -1.42. The minimum Gasteiger partial charge on any atom is -0.456 e. The van der Waals surface area contributed by atoms with E-state index in [1.807, 2.05) is 0 Å². The molecule has 1 heterocycles. The summed E-state index contributed by atoms with van der Waals surface area (Å²) < 4.78 is 45.3. The van der Waals surface area contributed by atoms with Crippen LogP contribution in [0.4, 0.5) is 13.2 Å². The molecule has 0 bridgehead atoms. The van der Waals surface area contributed by atoms with Crippen LogP contribution >= 0.6 is 0 Å². The minimum absolute atomic E-state index is 0.0624. The molecule has 1 aromatic heterocycles. The lowest BCUT2D eigenvalue weighted by atomic mass is 10.0. The van der Waals surface area contributed by atoms with Gasteiger partial charge >= 0.3 is 6.18 Å². The van der Waals surface area contributed by atoms with E-state index in [1.165, 1.54) is 12.1 Å². The van der Waals surface area contributed by atoms with Gasteiger partial charge in [-0.05, 0) is 29.0 Å². The third-order valence-electron chi connectivity index (χ3n) is 3.90. The van der Waals surface area contributed by atoms with Crippen molar-refractivity contribution in [1.29, 1.82) is 0 Å². The zero-order valence-electron chi connectivity index (χ0n) is 11.6. The molecular formula is C18H9F3O2. The maximum atomic E-state index is 13.2. The molecule has 0 aliphatic heterocycles. The molecule has 0 aliphatic carbocycles.